The predicted molar refractivity (Wildman–Crippen MR) is 76.5 cm³/mol. The molecule has 1 N–H and O–H groups in total. The summed E-state index contributed by atoms with van der Waals surface area (Å²) in [4.78, 5) is 0. The molecule has 112 valence electrons. The number of benzene rings is 2. The molecule has 0 unspecified atom stereocenters. The molecule has 0 fully saturated rings. The van der Waals surface area contributed by atoms with E-state index in [1.807, 2.05) is 37.3 Å². The lowest BCUT2D eigenvalue weighted by Gasteiger charge is -2.16. The number of halogens is 3. The average molecular weight is 295 g/mol. The Morgan fingerprint density at radius 1 is 1.00 bits per heavy atom. The van der Waals surface area contributed by atoms with E-state index in [0.29, 0.717) is 12.3 Å². The van der Waals surface area contributed by atoms with E-state index in [4.69, 9.17) is 4.74 Å². The second-order valence-electron chi connectivity index (χ2n) is 4.70. The number of alkyl halides is 3. The lowest BCUT2D eigenvalue weighted by atomic mass is 10.2. The third-order valence-electron chi connectivity index (χ3n) is 2.89. The molecule has 0 radical (unpaired) electrons. The van der Waals surface area contributed by atoms with E-state index in [1.165, 1.54) is 12.1 Å². The van der Waals surface area contributed by atoms with Crippen molar-refractivity contribution >= 4 is 5.69 Å². The van der Waals surface area contributed by atoms with Crippen molar-refractivity contribution in [2.45, 2.75) is 19.2 Å². The summed E-state index contributed by atoms with van der Waals surface area (Å²) in [5, 5.41) is 3.20. The van der Waals surface area contributed by atoms with Crippen LogP contribution < -0.4 is 10.1 Å². The van der Waals surface area contributed by atoms with Crippen molar-refractivity contribution in [3.05, 3.63) is 60.2 Å². The van der Waals surface area contributed by atoms with Crippen LogP contribution in [0.5, 0.6) is 5.75 Å². The summed E-state index contributed by atoms with van der Waals surface area (Å²) in [5.41, 5.74) is 0.297. The second kappa shape index (κ2) is 6.52. The third kappa shape index (κ3) is 4.70. The first-order chi connectivity index (χ1) is 9.95. The maximum absolute atomic E-state index is 12.4. The fraction of sp³-hybridized carbons (Fsp3) is 0.250. The van der Waals surface area contributed by atoms with E-state index in [2.05, 4.69) is 5.32 Å². The number of hydrogen-bond donors (Lipinski definition) is 1. The van der Waals surface area contributed by atoms with Gasteiger partial charge in [0, 0.05) is 5.69 Å². The molecule has 1 atom stereocenters. The Morgan fingerprint density at radius 2 is 1.62 bits per heavy atom. The second-order valence-corrected chi connectivity index (χ2v) is 4.70. The lowest BCUT2D eigenvalue weighted by molar-refractivity contribution is -0.137. The molecule has 0 saturated heterocycles. The molecule has 0 bridgehead atoms. The normalized spacial score (nSPS) is 12.8. The first-order valence-electron chi connectivity index (χ1n) is 6.58. The number of hydrogen-bond acceptors (Lipinski definition) is 2. The average Bonchev–Trinajstić information content (AvgIpc) is 2.46. The zero-order valence-electron chi connectivity index (χ0n) is 11.5. The van der Waals surface area contributed by atoms with E-state index in [0.717, 1.165) is 17.8 Å². The Morgan fingerprint density at radius 3 is 2.19 bits per heavy atom. The highest BCUT2D eigenvalue weighted by molar-refractivity contribution is 5.42. The van der Waals surface area contributed by atoms with E-state index in [1.54, 1.807) is 0 Å². The molecule has 0 saturated carbocycles. The van der Waals surface area contributed by atoms with Gasteiger partial charge in [0.25, 0.3) is 0 Å². The van der Waals surface area contributed by atoms with E-state index < -0.39 is 11.7 Å². The Hall–Kier alpha value is -2.17. The van der Waals surface area contributed by atoms with Gasteiger partial charge in [0.15, 0.2) is 0 Å². The highest BCUT2D eigenvalue weighted by atomic mass is 19.4. The van der Waals surface area contributed by atoms with Crippen LogP contribution in [0, 0.1) is 0 Å². The predicted octanol–water partition coefficient (Wildman–Crippen LogP) is 4.58. The summed E-state index contributed by atoms with van der Waals surface area (Å²) in [6, 6.07) is 14.3. The Labute approximate surface area is 121 Å². The first-order valence-corrected chi connectivity index (χ1v) is 6.58. The van der Waals surface area contributed by atoms with Crippen LogP contribution in [0.1, 0.15) is 12.5 Å². The van der Waals surface area contributed by atoms with Crippen LogP contribution >= 0.6 is 0 Å². The lowest BCUT2D eigenvalue weighted by Crippen LogP contribution is -2.22. The number of ether oxygens (including phenoxy) is 1. The fourth-order valence-corrected chi connectivity index (χ4v) is 1.81. The van der Waals surface area contributed by atoms with Crippen molar-refractivity contribution in [1.82, 2.24) is 0 Å². The molecule has 0 spiro atoms. The van der Waals surface area contributed by atoms with Gasteiger partial charge in [-0.3, -0.25) is 0 Å². The Balaban J connectivity index is 1.86. The Bertz CT molecular complexity index is 552. The molecule has 21 heavy (non-hydrogen) atoms. The first kappa shape index (κ1) is 15.2. The molecular weight excluding hydrogens is 279 g/mol. The largest absolute Gasteiger partial charge is 0.489 e. The van der Waals surface area contributed by atoms with Gasteiger partial charge in [-0.25, -0.2) is 0 Å². The number of rotatable bonds is 5. The summed E-state index contributed by atoms with van der Waals surface area (Å²) in [6.45, 7) is 2.42. The number of anilines is 1. The monoisotopic (exact) mass is 295 g/mol. The van der Waals surface area contributed by atoms with Gasteiger partial charge >= 0.3 is 6.18 Å². The van der Waals surface area contributed by atoms with Crippen LogP contribution in [0.25, 0.3) is 0 Å². The fourth-order valence-electron chi connectivity index (χ4n) is 1.81. The van der Waals surface area contributed by atoms with Crippen LogP contribution in [-0.2, 0) is 6.18 Å². The molecule has 0 aliphatic carbocycles. The molecule has 2 rings (SSSR count). The zero-order chi connectivity index (χ0) is 15.3. The van der Waals surface area contributed by atoms with Crippen molar-refractivity contribution in [2.24, 2.45) is 0 Å². The molecule has 2 nitrogen and oxygen atoms in total. The van der Waals surface area contributed by atoms with E-state index >= 15 is 0 Å². The molecule has 2 aromatic rings. The number of nitrogens with one attached hydrogen (secondary N) is 1. The van der Waals surface area contributed by atoms with Gasteiger partial charge in [-0.05, 0) is 43.3 Å². The van der Waals surface area contributed by atoms with Gasteiger partial charge in [-0.1, -0.05) is 18.2 Å². The molecule has 0 amide bonds. The van der Waals surface area contributed by atoms with Crippen LogP contribution in [0.15, 0.2) is 54.6 Å². The van der Waals surface area contributed by atoms with Crippen molar-refractivity contribution in [2.75, 3.05) is 11.9 Å². The molecule has 2 aromatic carbocycles. The van der Waals surface area contributed by atoms with Crippen molar-refractivity contribution < 1.29 is 17.9 Å². The molecular formula is C16H16F3NO. The summed E-state index contributed by atoms with van der Waals surface area (Å²) in [7, 11) is 0. The van der Waals surface area contributed by atoms with Gasteiger partial charge in [-0.2, -0.15) is 13.2 Å². The van der Waals surface area contributed by atoms with Gasteiger partial charge in [0.05, 0.1) is 12.1 Å². The van der Waals surface area contributed by atoms with Gasteiger partial charge in [-0.15, -0.1) is 0 Å². The summed E-state index contributed by atoms with van der Waals surface area (Å²) in [5.74, 6) is 0.422. The SMILES string of the molecule is C[C@H](CNc1ccccc1)Oc1ccc(C(F)(F)F)cc1. The Kier molecular flexibility index (Phi) is 4.73. The van der Waals surface area contributed by atoms with Crippen LogP contribution in [0.4, 0.5) is 18.9 Å². The summed E-state index contributed by atoms with van der Waals surface area (Å²) < 4.78 is 42.9. The van der Waals surface area contributed by atoms with E-state index in [9.17, 15) is 13.2 Å². The highest BCUT2D eigenvalue weighted by Crippen LogP contribution is 2.30. The van der Waals surface area contributed by atoms with Crippen molar-refractivity contribution in [1.29, 1.82) is 0 Å². The summed E-state index contributed by atoms with van der Waals surface area (Å²) in [6.07, 6.45) is -4.49. The molecule has 0 aromatic heterocycles. The van der Waals surface area contributed by atoms with Crippen molar-refractivity contribution in [3.63, 3.8) is 0 Å². The summed E-state index contributed by atoms with van der Waals surface area (Å²) >= 11 is 0. The maximum atomic E-state index is 12.4. The molecule has 5 heteroatoms. The third-order valence-corrected chi connectivity index (χ3v) is 2.89. The molecule has 0 aliphatic heterocycles. The van der Waals surface area contributed by atoms with Crippen LogP contribution in [0.2, 0.25) is 0 Å². The van der Waals surface area contributed by atoms with Gasteiger partial charge in [0.2, 0.25) is 0 Å². The minimum absolute atomic E-state index is 0.165. The maximum Gasteiger partial charge on any atom is 0.416 e. The minimum Gasteiger partial charge on any atom is -0.489 e. The minimum atomic E-state index is -4.32. The van der Waals surface area contributed by atoms with Gasteiger partial charge < -0.3 is 10.1 Å². The number of para-hydroxylation sites is 1. The van der Waals surface area contributed by atoms with Crippen molar-refractivity contribution in [3.8, 4) is 5.75 Å². The molecule has 0 aliphatic rings. The topological polar surface area (TPSA) is 21.3 Å². The smallest absolute Gasteiger partial charge is 0.416 e. The highest BCUT2D eigenvalue weighted by Gasteiger charge is 2.30. The molecule has 0 heterocycles. The zero-order valence-corrected chi connectivity index (χ0v) is 11.5. The van der Waals surface area contributed by atoms with Crippen LogP contribution in [-0.4, -0.2) is 12.6 Å². The van der Waals surface area contributed by atoms with Gasteiger partial charge in [0.1, 0.15) is 11.9 Å². The quantitative estimate of drug-likeness (QED) is 0.871. The van der Waals surface area contributed by atoms with Crippen LogP contribution in [0.3, 0.4) is 0 Å². The standard InChI is InChI=1S/C16H16F3NO/c1-12(11-20-14-5-3-2-4-6-14)21-15-9-7-13(8-10-15)16(17,18)19/h2-10,12,20H,11H2,1H3/t12-/m1/s1. The van der Waals surface area contributed by atoms with E-state index in [-0.39, 0.29) is 6.10 Å².